The monoisotopic (exact) mass is 170 g/mol. The first-order valence-electron chi connectivity index (χ1n) is 5.05. The van der Waals surface area contributed by atoms with Gasteiger partial charge < -0.3 is 10.6 Å². The summed E-state index contributed by atoms with van der Waals surface area (Å²) in [6.45, 7) is 6.66. The third-order valence-corrected chi connectivity index (χ3v) is 2.98. The lowest BCUT2D eigenvalue weighted by atomic mass is 9.91. The van der Waals surface area contributed by atoms with Crippen LogP contribution in [0.15, 0.2) is 0 Å². The summed E-state index contributed by atoms with van der Waals surface area (Å²) in [6, 6.07) is 0.646. The molecule has 0 radical (unpaired) electrons. The van der Waals surface area contributed by atoms with Gasteiger partial charge in [0.2, 0.25) is 0 Å². The van der Waals surface area contributed by atoms with Crippen molar-refractivity contribution in [1.29, 1.82) is 0 Å². The van der Waals surface area contributed by atoms with E-state index in [1.54, 1.807) is 0 Å². The predicted octanol–water partition coefficient (Wildman–Crippen LogP) is 1.31. The van der Waals surface area contributed by atoms with E-state index in [0.29, 0.717) is 6.04 Å². The molecule has 1 aliphatic heterocycles. The van der Waals surface area contributed by atoms with Gasteiger partial charge >= 0.3 is 0 Å². The molecule has 0 spiro atoms. The zero-order valence-corrected chi connectivity index (χ0v) is 8.59. The molecule has 1 aliphatic rings. The molecule has 2 N–H and O–H groups in total. The Morgan fingerprint density at radius 2 is 2.17 bits per heavy atom. The Bertz CT molecular complexity index is 134. The molecule has 0 amide bonds. The van der Waals surface area contributed by atoms with E-state index in [1.165, 1.54) is 19.4 Å². The third kappa shape index (κ3) is 2.20. The summed E-state index contributed by atoms with van der Waals surface area (Å²) in [5.74, 6) is 1.66. The van der Waals surface area contributed by atoms with Gasteiger partial charge in [-0.3, -0.25) is 0 Å². The van der Waals surface area contributed by atoms with Gasteiger partial charge in [-0.1, -0.05) is 13.8 Å². The normalized spacial score (nSPS) is 31.8. The van der Waals surface area contributed by atoms with Crippen molar-refractivity contribution in [3.63, 3.8) is 0 Å². The average Bonchev–Trinajstić information content (AvgIpc) is 2.30. The Labute approximate surface area is 76.1 Å². The molecule has 1 rings (SSSR count). The standard InChI is InChI=1S/C10H22N2/c1-8(2)6-9-4-5-12(3)10(9)7-11/h8-10H,4-7,11H2,1-3H3. The molecule has 1 saturated heterocycles. The molecule has 0 aromatic heterocycles. The van der Waals surface area contributed by atoms with Crippen LogP contribution in [0.3, 0.4) is 0 Å². The maximum Gasteiger partial charge on any atom is 0.0244 e. The van der Waals surface area contributed by atoms with E-state index < -0.39 is 0 Å². The Kier molecular flexibility index (Phi) is 3.53. The summed E-state index contributed by atoms with van der Waals surface area (Å²) >= 11 is 0. The van der Waals surface area contributed by atoms with Crippen molar-refractivity contribution in [2.75, 3.05) is 20.1 Å². The molecular formula is C10H22N2. The molecule has 2 atom stereocenters. The maximum absolute atomic E-state index is 5.75. The summed E-state index contributed by atoms with van der Waals surface area (Å²) in [6.07, 6.45) is 2.68. The number of likely N-dealkylation sites (tertiary alicyclic amines) is 1. The van der Waals surface area contributed by atoms with Crippen molar-refractivity contribution >= 4 is 0 Å². The molecular weight excluding hydrogens is 148 g/mol. The molecule has 0 bridgehead atoms. The lowest BCUT2D eigenvalue weighted by molar-refractivity contribution is 0.258. The topological polar surface area (TPSA) is 29.3 Å². The smallest absolute Gasteiger partial charge is 0.0244 e. The van der Waals surface area contributed by atoms with Gasteiger partial charge in [0.1, 0.15) is 0 Å². The van der Waals surface area contributed by atoms with Gasteiger partial charge in [0.25, 0.3) is 0 Å². The first-order chi connectivity index (χ1) is 5.65. The minimum absolute atomic E-state index is 0.646. The fraction of sp³-hybridized carbons (Fsp3) is 1.00. The molecule has 1 heterocycles. The highest BCUT2D eigenvalue weighted by molar-refractivity contribution is 4.86. The Morgan fingerprint density at radius 3 is 2.67 bits per heavy atom. The number of nitrogens with zero attached hydrogens (tertiary/aromatic N) is 1. The lowest BCUT2D eigenvalue weighted by Crippen LogP contribution is -2.36. The molecule has 12 heavy (non-hydrogen) atoms. The zero-order chi connectivity index (χ0) is 9.14. The second kappa shape index (κ2) is 4.24. The summed E-state index contributed by atoms with van der Waals surface area (Å²) in [7, 11) is 2.19. The zero-order valence-electron chi connectivity index (χ0n) is 8.59. The second-order valence-corrected chi connectivity index (χ2v) is 4.46. The van der Waals surface area contributed by atoms with Crippen LogP contribution in [0.2, 0.25) is 0 Å². The minimum atomic E-state index is 0.646. The van der Waals surface area contributed by atoms with Gasteiger partial charge in [0.15, 0.2) is 0 Å². The molecule has 2 nitrogen and oxygen atoms in total. The van der Waals surface area contributed by atoms with E-state index in [4.69, 9.17) is 5.73 Å². The van der Waals surface area contributed by atoms with Crippen LogP contribution in [0.25, 0.3) is 0 Å². The van der Waals surface area contributed by atoms with E-state index in [9.17, 15) is 0 Å². The molecule has 2 heteroatoms. The van der Waals surface area contributed by atoms with Crippen LogP contribution >= 0.6 is 0 Å². The summed E-state index contributed by atoms with van der Waals surface area (Å²) in [4.78, 5) is 2.41. The summed E-state index contributed by atoms with van der Waals surface area (Å²) < 4.78 is 0. The number of likely N-dealkylation sites (N-methyl/N-ethyl adjacent to an activating group) is 1. The van der Waals surface area contributed by atoms with Crippen LogP contribution in [0.5, 0.6) is 0 Å². The molecule has 2 unspecified atom stereocenters. The Balaban J connectivity index is 2.43. The molecule has 0 aromatic carbocycles. The largest absolute Gasteiger partial charge is 0.329 e. The molecule has 0 aromatic rings. The fourth-order valence-electron chi connectivity index (χ4n) is 2.34. The van der Waals surface area contributed by atoms with Gasteiger partial charge in [-0.05, 0) is 38.3 Å². The van der Waals surface area contributed by atoms with Crippen molar-refractivity contribution < 1.29 is 0 Å². The van der Waals surface area contributed by atoms with Crippen molar-refractivity contribution in [3.05, 3.63) is 0 Å². The van der Waals surface area contributed by atoms with Crippen LogP contribution in [0.1, 0.15) is 26.7 Å². The van der Waals surface area contributed by atoms with Crippen molar-refractivity contribution in [2.24, 2.45) is 17.6 Å². The quantitative estimate of drug-likeness (QED) is 0.692. The number of hydrogen-bond donors (Lipinski definition) is 1. The van der Waals surface area contributed by atoms with Crippen molar-refractivity contribution in [2.45, 2.75) is 32.7 Å². The Morgan fingerprint density at radius 1 is 1.50 bits per heavy atom. The minimum Gasteiger partial charge on any atom is -0.329 e. The van der Waals surface area contributed by atoms with Crippen LogP contribution < -0.4 is 5.73 Å². The Hall–Kier alpha value is -0.0800. The molecule has 0 saturated carbocycles. The van der Waals surface area contributed by atoms with Crippen LogP contribution in [0, 0.1) is 11.8 Å². The molecule has 1 fully saturated rings. The van der Waals surface area contributed by atoms with Gasteiger partial charge in [-0.2, -0.15) is 0 Å². The summed E-state index contributed by atoms with van der Waals surface area (Å²) in [5.41, 5.74) is 5.75. The van der Waals surface area contributed by atoms with Crippen LogP contribution in [0.4, 0.5) is 0 Å². The van der Waals surface area contributed by atoms with Crippen LogP contribution in [-0.4, -0.2) is 31.1 Å². The number of hydrogen-bond acceptors (Lipinski definition) is 2. The van der Waals surface area contributed by atoms with Gasteiger partial charge in [-0.25, -0.2) is 0 Å². The van der Waals surface area contributed by atoms with Crippen molar-refractivity contribution in [3.8, 4) is 0 Å². The second-order valence-electron chi connectivity index (χ2n) is 4.46. The fourth-order valence-corrected chi connectivity index (χ4v) is 2.34. The van der Waals surface area contributed by atoms with E-state index in [-0.39, 0.29) is 0 Å². The van der Waals surface area contributed by atoms with Gasteiger partial charge in [0, 0.05) is 12.6 Å². The first kappa shape index (κ1) is 10.0. The van der Waals surface area contributed by atoms with E-state index in [0.717, 1.165) is 18.4 Å². The highest BCUT2D eigenvalue weighted by Gasteiger charge is 2.30. The van der Waals surface area contributed by atoms with Gasteiger partial charge in [0.05, 0.1) is 0 Å². The maximum atomic E-state index is 5.75. The van der Waals surface area contributed by atoms with E-state index in [1.807, 2.05) is 0 Å². The number of rotatable bonds is 3. The summed E-state index contributed by atoms with van der Waals surface area (Å²) in [5, 5.41) is 0. The SMILES string of the molecule is CC(C)CC1CCN(C)C1CN. The predicted molar refractivity (Wildman–Crippen MR) is 53.0 cm³/mol. The van der Waals surface area contributed by atoms with E-state index >= 15 is 0 Å². The highest BCUT2D eigenvalue weighted by atomic mass is 15.2. The van der Waals surface area contributed by atoms with Crippen molar-refractivity contribution in [1.82, 2.24) is 4.90 Å². The van der Waals surface area contributed by atoms with Crippen LogP contribution in [-0.2, 0) is 0 Å². The average molecular weight is 170 g/mol. The van der Waals surface area contributed by atoms with E-state index in [2.05, 4.69) is 25.8 Å². The number of nitrogens with two attached hydrogens (primary N) is 1. The third-order valence-electron chi connectivity index (χ3n) is 2.98. The molecule has 72 valence electrons. The first-order valence-corrected chi connectivity index (χ1v) is 5.05. The van der Waals surface area contributed by atoms with Gasteiger partial charge in [-0.15, -0.1) is 0 Å². The highest BCUT2D eigenvalue weighted by Crippen LogP contribution is 2.27. The lowest BCUT2D eigenvalue weighted by Gasteiger charge is -2.24. The molecule has 0 aliphatic carbocycles.